The van der Waals surface area contributed by atoms with E-state index >= 15 is 0 Å². The quantitative estimate of drug-likeness (QED) is 0.342. The smallest absolute Gasteiger partial charge is 0.303 e. The molecule has 168 valence electrons. The van der Waals surface area contributed by atoms with Gasteiger partial charge >= 0.3 is 5.97 Å². The maximum Gasteiger partial charge on any atom is 0.303 e. The van der Waals surface area contributed by atoms with Crippen molar-refractivity contribution in [3.63, 3.8) is 0 Å². The van der Waals surface area contributed by atoms with Crippen LogP contribution in [0, 0.1) is 0 Å². The van der Waals surface area contributed by atoms with Crippen LogP contribution in [0.2, 0.25) is 5.02 Å². The zero-order chi connectivity index (χ0) is 22.6. The summed E-state index contributed by atoms with van der Waals surface area (Å²) in [5, 5.41) is 16.8. The Morgan fingerprint density at radius 1 is 1.29 bits per heavy atom. The summed E-state index contributed by atoms with van der Waals surface area (Å²) in [4.78, 5) is 14.9. The highest BCUT2D eigenvalue weighted by Crippen LogP contribution is 2.34. The first-order valence-electron chi connectivity index (χ1n) is 9.94. The maximum atomic E-state index is 10.7. The summed E-state index contributed by atoms with van der Waals surface area (Å²) in [5.41, 5.74) is 12.2. The van der Waals surface area contributed by atoms with Crippen molar-refractivity contribution >= 4 is 28.5 Å². The average molecular weight is 450 g/mol. The summed E-state index contributed by atoms with van der Waals surface area (Å²) in [6.45, 7) is 5.01. The summed E-state index contributed by atoms with van der Waals surface area (Å²) in [6, 6.07) is 8.94. The first kappa shape index (κ1) is 24.5. The van der Waals surface area contributed by atoms with Crippen LogP contribution in [-0.4, -0.2) is 47.4 Å². The molecule has 10 heteroatoms. The van der Waals surface area contributed by atoms with Gasteiger partial charge in [0.15, 0.2) is 5.58 Å². The Hall–Kier alpha value is -2.72. The van der Waals surface area contributed by atoms with E-state index in [2.05, 4.69) is 15.5 Å². The van der Waals surface area contributed by atoms with E-state index in [0.717, 1.165) is 18.8 Å². The summed E-state index contributed by atoms with van der Waals surface area (Å²) in [7, 11) is 0. The lowest BCUT2D eigenvalue weighted by atomic mass is 10.1. The minimum absolute atomic E-state index is 0.0196. The van der Waals surface area contributed by atoms with E-state index < -0.39 is 5.97 Å². The summed E-state index contributed by atoms with van der Waals surface area (Å²) >= 11 is 6.30. The molecule has 2 heterocycles. The molecule has 0 spiro atoms. The number of carboxylic acid groups (broad SMARTS) is 1. The van der Waals surface area contributed by atoms with E-state index in [1.165, 1.54) is 0 Å². The van der Waals surface area contributed by atoms with Crippen LogP contribution in [0.25, 0.3) is 11.0 Å². The number of benzene rings is 1. The van der Waals surface area contributed by atoms with Crippen LogP contribution in [0.5, 0.6) is 5.75 Å². The fourth-order valence-electron chi connectivity index (χ4n) is 2.68. The first-order valence-corrected chi connectivity index (χ1v) is 10.3. The molecule has 3 rings (SSSR count). The number of hydrogen-bond donors (Lipinski definition) is 4. The zero-order valence-corrected chi connectivity index (χ0v) is 18.1. The van der Waals surface area contributed by atoms with Gasteiger partial charge in [-0.25, -0.2) is 0 Å². The molecule has 0 unspecified atom stereocenters. The van der Waals surface area contributed by atoms with Gasteiger partial charge in [0, 0.05) is 50.2 Å². The largest absolute Gasteiger partial charge is 0.483 e. The summed E-state index contributed by atoms with van der Waals surface area (Å²) < 4.78 is 11.1. The highest BCUT2D eigenvalue weighted by atomic mass is 35.5. The average Bonchev–Trinajstić information content (AvgIpc) is 3.15. The number of rotatable bonds is 10. The number of halogens is 1. The monoisotopic (exact) mass is 449 g/mol. The molecule has 0 amide bonds. The number of aliphatic carboxylic acids is 1. The molecule has 0 bridgehead atoms. The lowest BCUT2D eigenvalue weighted by Gasteiger charge is -2.15. The van der Waals surface area contributed by atoms with Crippen LogP contribution in [-0.2, 0) is 11.2 Å². The van der Waals surface area contributed by atoms with Gasteiger partial charge in [0.2, 0.25) is 0 Å². The van der Waals surface area contributed by atoms with Crippen LogP contribution in [0.3, 0.4) is 0 Å². The maximum absolute atomic E-state index is 10.7. The normalized spacial score (nSPS) is 11.6. The molecule has 0 aliphatic heterocycles. The Balaban J connectivity index is 0.000000423. The predicted molar refractivity (Wildman–Crippen MR) is 119 cm³/mol. The molecule has 0 aliphatic carbocycles. The Bertz CT molecular complexity index is 948. The van der Waals surface area contributed by atoms with Gasteiger partial charge in [-0.3, -0.25) is 9.78 Å². The topological polar surface area (TPSA) is 150 Å². The third kappa shape index (κ3) is 7.80. The van der Waals surface area contributed by atoms with E-state index in [-0.39, 0.29) is 18.9 Å². The van der Waals surface area contributed by atoms with Crippen LogP contribution < -0.4 is 21.5 Å². The molecule has 0 saturated heterocycles. The summed E-state index contributed by atoms with van der Waals surface area (Å²) in [6.07, 6.45) is 1.68. The van der Waals surface area contributed by atoms with Crippen molar-refractivity contribution in [1.29, 1.82) is 0 Å². The van der Waals surface area contributed by atoms with Gasteiger partial charge in [-0.05, 0) is 25.1 Å². The molecule has 2 aromatic heterocycles. The number of carbonyl (C=O) groups is 1. The molecule has 0 aliphatic rings. The number of hydrogen-bond acceptors (Lipinski definition) is 8. The van der Waals surface area contributed by atoms with Gasteiger partial charge < -0.3 is 31.2 Å². The second kappa shape index (κ2) is 12.9. The van der Waals surface area contributed by atoms with Crippen molar-refractivity contribution in [3.05, 3.63) is 52.9 Å². The second-order valence-corrected chi connectivity index (χ2v) is 7.05. The van der Waals surface area contributed by atoms with Crippen molar-refractivity contribution < 1.29 is 19.2 Å². The Labute approximate surface area is 185 Å². The van der Waals surface area contributed by atoms with Crippen molar-refractivity contribution in [1.82, 2.24) is 15.5 Å². The Kier molecular flexibility index (Phi) is 10.2. The molecule has 0 fully saturated rings. The molecular weight excluding hydrogens is 422 g/mol. The number of pyridine rings is 1. The van der Waals surface area contributed by atoms with E-state index in [0.29, 0.717) is 40.5 Å². The molecule has 0 radical (unpaired) electrons. The van der Waals surface area contributed by atoms with Gasteiger partial charge in [0.1, 0.15) is 11.9 Å². The fraction of sp³-hybridized carbons (Fsp3) is 0.381. The van der Waals surface area contributed by atoms with Crippen LogP contribution in [0.1, 0.15) is 30.8 Å². The van der Waals surface area contributed by atoms with E-state index in [9.17, 15) is 4.79 Å². The minimum atomic E-state index is -0.888. The number of nitrogens with one attached hydrogen (secondary N) is 1. The van der Waals surface area contributed by atoms with Gasteiger partial charge in [-0.1, -0.05) is 22.8 Å². The molecule has 31 heavy (non-hydrogen) atoms. The SMILES string of the molecule is C[C@@H](Oc1cc2onc(CCC(=O)O)c2cc1Cl)c1ccccn1.NCCNCCN. The van der Waals surface area contributed by atoms with E-state index in [1.807, 2.05) is 25.1 Å². The van der Waals surface area contributed by atoms with Crippen molar-refractivity contribution in [2.75, 3.05) is 26.2 Å². The first-order chi connectivity index (χ1) is 15.0. The minimum Gasteiger partial charge on any atom is -0.483 e. The predicted octanol–water partition coefficient (Wildman–Crippen LogP) is 2.53. The number of ether oxygens (including phenoxy) is 1. The van der Waals surface area contributed by atoms with Gasteiger partial charge in [-0.2, -0.15) is 0 Å². The third-order valence-corrected chi connectivity index (χ3v) is 4.52. The summed E-state index contributed by atoms with van der Waals surface area (Å²) in [5.74, 6) is -0.426. The van der Waals surface area contributed by atoms with Crippen LogP contribution >= 0.6 is 11.6 Å². The van der Waals surface area contributed by atoms with Crippen LogP contribution in [0.4, 0.5) is 0 Å². The highest BCUT2D eigenvalue weighted by Gasteiger charge is 2.16. The number of aryl methyl sites for hydroxylation is 1. The Morgan fingerprint density at radius 3 is 2.65 bits per heavy atom. The molecule has 9 nitrogen and oxygen atoms in total. The number of nitrogens with zero attached hydrogens (tertiary/aromatic N) is 2. The molecule has 3 aromatic rings. The van der Waals surface area contributed by atoms with Gasteiger partial charge in [-0.15, -0.1) is 0 Å². The third-order valence-electron chi connectivity index (χ3n) is 4.23. The fourth-order valence-corrected chi connectivity index (χ4v) is 2.89. The van der Waals surface area contributed by atoms with E-state index in [4.69, 9.17) is 37.4 Å². The molecule has 6 N–H and O–H groups in total. The van der Waals surface area contributed by atoms with Crippen LogP contribution in [0.15, 0.2) is 41.1 Å². The highest BCUT2D eigenvalue weighted by molar-refractivity contribution is 6.32. The molecular formula is C21H28ClN5O4. The van der Waals surface area contributed by atoms with Gasteiger partial charge in [0.25, 0.3) is 0 Å². The van der Waals surface area contributed by atoms with Gasteiger partial charge in [0.05, 0.1) is 22.8 Å². The zero-order valence-electron chi connectivity index (χ0n) is 17.4. The molecule has 1 atom stereocenters. The molecule has 0 saturated carbocycles. The number of aromatic nitrogens is 2. The lowest BCUT2D eigenvalue weighted by Crippen LogP contribution is -2.27. The van der Waals surface area contributed by atoms with E-state index in [1.54, 1.807) is 18.3 Å². The lowest BCUT2D eigenvalue weighted by molar-refractivity contribution is -0.136. The number of fused-ring (bicyclic) bond motifs is 1. The second-order valence-electron chi connectivity index (χ2n) is 6.64. The van der Waals surface area contributed by atoms with Crippen molar-refractivity contribution in [2.24, 2.45) is 11.5 Å². The Morgan fingerprint density at radius 2 is 2.03 bits per heavy atom. The molecule has 1 aromatic carbocycles. The number of carboxylic acids is 1. The standard InChI is InChI=1S/C17H15ClN2O4.C4H13N3/c1-10(13-4-2-3-7-19-13)23-16-9-15-11(8-12(16)18)14(20-24-15)5-6-17(21)22;5-1-3-7-4-2-6/h2-4,7-10H,5-6H2,1H3,(H,21,22);7H,1-6H2/t10-;/m1./s1. The van der Waals surface area contributed by atoms with Crippen molar-refractivity contribution in [2.45, 2.75) is 25.9 Å². The van der Waals surface area contributed by atoms with Crippen molar-refractivity contribution in [3.8, 4) is 5.75 Å². The number of nitrogens with two attached hydrogens (primary N) is 2.